The number of carboxylic acid groups (broad SMARTS) is 1. The molecule has 2 aromatic carbocycles. The molecule has 35 heavy (non-hydrogen) atoms. The van der Waals surface area contributed by atoms with Gasteiger partial charge in [-0.1, -0.05) is 29.5 Å². The molecule has 0 atom stereocenters. The largest absolute Gasteiger partial charge is 0.490 e. The van der Waals surface area contributed by atoms with Crippen LogP contribution in [0.2, 0.25) is 0 Å². The summed E-state index contributed by atoms with van der Waals surface area (Å²) in [6, 6.07) is 14.8. The van der Waals surface area contributed by atoms with Gasteiger partial charge in [-0.2, -0.15) is 0 Å². The summed E-state index contributed by atoms with van der Waals surface area (Å²) in [7, 11) is 0. The molecular formula is C24H23N3O7S. The van der Waals surface area contributed by atoms with E-state index in [4.69, 9.17) is 9.47 Å². The Morgan fingerprint density at radius 3 is 2.54 bits per heavy atom. The highest BCUT2D eigenvalue weighted by Gasteiger charge is 2.36. The maximum Gasteiger partial charge on any atom is 0.349 e. The van der Waals surface area contributed by atoms with Gasteiger partial charge in [0.25, 0.3) is 0 Å². The lowest BCUT2D eigenvalue weighted by molar-refractivity contribution is -0.379. The number of carboxylic acids is 1. The highest BCUT2D eigenvalue weighted by Crippen LogP contribution is 2.44. The number of carbonyl (C=O) groups excluding carboxylic acids is 1. The van der Waals surface area contributed by atoms with Crippen molar-refractivity contribution < 1.29 is 29.1 Å². The lowest BCUT2D eigenvalue weighted by atomic mass is 10.1. The molecular weight excluding hydrogens is 474 g/mol. The summed E-state index contributed by atoms with van der Waals surface area (Å²) in [5.74, 6) is -1.79. The molecule has 0 amide bonds. The first-order valence-corrected chi connectivity index (χ1v) is 11.5. The predicted octanol–water partition coefficient (Wildman–Crippen LogP) is 5.58. The van der Waals surface area contributed by atoms with Crippen molar-refractivity contribution in [1.82, 2.24) is 0 Å². The first kappa shape index (κ1) is 24.0. The fraction of sp³-hybridized carbons (Fsp3) is 0.250. The van der Waals surface area contributed by atoms with Crippen LogP contribution in [-0.4, -0.2) is 40.7 Å². The molecule has 3 aromatic rings. The Labute approximate surface area is 204 Å². The number of nitro groups is 1. The fourth-order valence-corrected chi connectivity index (χ4v) is 4.55. The van der Waals surface area contributed by atoms with Crippen molar-refractivity contribution in [3.8, 4) is 5.75 Å². The quantitative estimate of drug-likeness (QED) is 0.254. The Kier molecular flexibility index (Phi) is 6.35. The maximum absolute atomic E-state index is 12.9. The van der Waals surface area contributed by atoms with E-state index in [1.54, 1.807) is 39.0 Å². The molecule has 1 aliphatic heterocycles. The van der Waals surface area contributed by atoms with Gasteiger partial charge in [-0.25, -0.2) is 9.59 Å². The van der Waals surface area contributed by atoms with Crippen molar-refractivity contribution in [2.45, 2.75) is 26.4 Å². The van der Waals surface area contributed by atoms with E-state index >= 15 is 0 Å². The van der Waals surface area contributed by atoms with Crippen molar-refractivity contribution in [3.05, 3.63) is 69.1 Å². The summed E-state index contributed by atoms with van der Waals surface area (Å²) >= 11 is 0.405. The number of carbonyl (C=O) groups is 2. The topological polar surface area (TPSA) is 131 Å². The molecule has 2 N–H and O–H groups in total. The van der Waals surface area contributed by atoms with E-state index < -0.39 is 37.9 Å². The maximum atomic E-state index is 12.9. The molecule has 11 heteroatoms. The Hall–Kier alpha value is -4.12. The minimum Gasteiger partial charge on any atom is -0.490 e. The fourth-order valence-electron chi connectivity index (χ4n) is 3.65. The first-order valence-electron chi connectivity index (χ1n) is 10.7. The Bertz CT molecular complexity index is 1300. The number of rotatable bonds is 6. The number of aromatic carboxylic acids is 1. The third kappa shape index (κ3) is 5.04. The van der Waals surface area contributed by atoms with Crippen molar-refractivity contribution >= 4 is 51.0 Å². The standard InChI is InChI=1S/C24H23N3O7S/c1-24(2,3)34-23(30)18-19(21(27(31)32)35-20(18)22(28)29)25-14-9-10-17-16(13-14)26(11-12-33-17)15-7-5-4-6-8-15/h4-10,13,25H,11-12H2,1-3H3,(H,28,29). The summed E-state index contributed by atoms with van der Waals surface area (Å²) < 4.78 is 11.1. The zero-order valence-electron chi connectivity index (χ0n) is 19.2. The molecule has 0 spiro atoms. The number of benzene rings is 2. The summed E-state index contributed by atoms with van der Waals surface area (Å²) in [6.07, 6.45) is 0. The molecule has 0 aliphatic carbocycles. The molecule has 0 fully saturated rings. The molecule has 0 bridgehead atoms. The van der Waals surface area contributed by atoms with Crippen molar-refractivity contribution in [2.75, 3.05) is 23.4 Å². The van der Waals surface area contributed by atoms with E-state index in [0.717, 1.165) is 11.4 Å². The molecule has 0 saturated carbocycles. The average Bonchev–Trinajstić information content (AvgIpc) is 3.18. The van der Waals surface area contributed by atoms with Crippen molar-refractivity contribution in [2.24, 2.45) is 0 Å². The normalized spacial score (nSPS) is 12.9. The Morgan fingerprint density at radius 2 is 1.91 bits per heavy atom. The van der Waals surface area contributed by atoms with E-state index in [0.29, 0.717) is 35.9 Å². The molecule has 0 saturated heterocycles. The molecule has 1 aromatic heterocycles. The van der Waals surface area contributed by atoms with Gasteiger partial charge in [-0.3, -0.25) is 10.1 Å². The molecule has 10 nitrogen and oxygen atoms in total. The highest BCUT2D eigenvalue weighted by atomic mass is 32.1. The number of hydrogen-bond donors (Lipinski definition) is 2. The minimum absolute atomic E-state index is 0.227. The van der Waals surface area contributed by atoms with Gasteiger partial charge >= 0.3 is 16.9 Å². The number of esters is 1. The molecule has 1 aliphatic rings. The summed E-state index contributed by atoms with van der Waals surface area (Å²) in [4.78, 5) is 37.4. The van der Waals surface area contributed by atoms with Crippen molar-refractivity contribution in [3.63, 3.8) is 0 Å². The van der Waals surface area contributed by atoms with Gasteiger partial charge in [-0.05, 0) is 51.1 Å². The van der Waals surface area contributed by atoms with Crippen LogP contribution in [0.1, 0.15) is 40.8 Å². The third-order valence-electron chi connectivity index (χ3n) is 5.01. The molecule has 0 radical (unpaired) electrons. The van der Waals surface area contributed by atoms with Crippen LogP contribution in [0.4, 0.5) is 27.8 Å². The summed E-state index contributed by atoms with van der Waals surface area (Å²) in [6.45, 7) is 5.95. The van der Waals surface area contributed by atoms with Crippen LogP contribution in [0.5, 0.6) is 5.75 Å². The van der Waals surface area contributed by atoms with Gasteiger partial charge in [0.05, 0.1) is 17.2 Å². The van der Waals surface area contributed by atoms with Gasteiger partial charge in [0.1, 0.15) is 34.1 Å². The molecule has 182 valence electrons. The summed E-state index contributed by atoms with van der Waals surface area (Å²) in [5, 5.41) is 23.8. The highest BCUT2D eigenvalue weighted by molar-refractivity contribution is 7.18. The third-order valence-corrected chi connectivity index (χ3v) is 6.14. The van der Waals surface area contributed by atoms with Crippen LogP contribution in [-0.2, 0) is 4.74 Å². The number of hydrogen-bond acceptors (Lipinski definition) is 9. The second kappa shape index (κ2) is 9.26. The Morgan fingerprint density at radius 1 is 1.20 bits per heavy atom. The molecule has 2 heterocycles. The van der Waals surface area contributed by atoms with E-state index in [1.165, 1.54) is 0 Å². The first-order chi connectivity index (χ1) is 16.5. The average molecular weight is 498 g/mol. The van der Waals surface area contributed by atoms with E-state index in [1.807, 2.05) is 35.2 Å². The van der Waals surface area contributed by atoms with Gasteiger partial charge in [-0.15, -0.1) is 0 Å². The van der Waals surface area contributed by atoms with Crippen molar-refractivity contribution in [1.29, 1.82) is 0 Å². The number of nitrogens with zero attached hydrogens (tertiary/aromatic N) is 2. The second-order valence-corrected chi connectivity index (χ2v) is 9.69. The van der Waals surface area contributed by atoms with Crippen LogP contribution in [0.3, 0.4) is 0 Å². The predicted molar refractivity (Wildman–Crippen MR) is 132 cm³/mol. The van der Waals surface area contributed by atoms with Crippen LogP contribution >= 0.6 is 11.3 Å². The second-order valence-electron chi connectivity index (χ2n) is 8.69. The zero-order chi connectivity index (χ0) is 25.3. The summed E-state index contributed by atoms with van der Waals surface area (Å²) in [5.41, 5.74) is 0.534. The monoisotopic (exact) mass is 497 g/mol. The van der Waals surface area contributed by atoms with Gasteiger partial charge < -0.3 is 24.8 Å². The molecule has 0 unspecified atom stereocenters. The number of nitrogens with one attached hydrogen (secondary N) is 1. The number of ether oxygens (including phenoxy) is 2. The minimum atomic E-state index is -1.46. The number of anilines is 4. The lowest BCUT2D eigenvalue weighted by Crippen LogP contribution is -2.28. The smallest absolute Gasteiger partial charge is 0.349 e. The SMILES string of the molecule is CC(C)(C)OC(=O)c1c(C(=O)O)sc([N+](=O)[O-])c1Nc1ccc2c(c1)N(c1ccccc1)CCO2. The number of fused-ring (bicyclic) bond motifs is 1. The van der Waals surface area contributed by atoms with E-state index in [2.05, 4.69) is 5.32 Å². The molecule has 4 rings (SSSR count). The zero-order valence-corrected chi connectivity index (χ0v) is 20.0. The van der Waals surface area contributed by atoms with Crippen LogP contribution in [0.15, 0.2) is 48.5 Å². The van der Waals surface area contributed by atoms with Crippen LogP contribution in [0.25, 0.3) is 0 Å². The van der Waals surface area contributed by atoms with Gasteiger partial charge in [0, 0.05) is 11.4 Å². The number of thiophene rings is 1. The number of para-hydroxylation sites is 1. The van der Waals surface area contributed by atoms with Gasteiger partial charge in [0.2, 0.25) is 0 Å². The van der Waals surface area contributed by atoms with Gasteiger partial charge in [0.15, 0.2) is 0 Å². The Balaban J connectivity index is 1.80. The lowest BCUT2D eigenvalue weighted by Gasteiger charge is -2.31. The van der Waals surface area contributed by atoms with E-state index in [9.17, 15) is 24.8 Å². The van der Waals surface area contributed by atoms with E-state index in [-0.39, 0.29) is 5.69 Å². The van der Waals surface area contributed by atoms with Crippen LogP contribution in [0, 0.1) is 10.1 Å². The van der Waals surface area contributed by atoms with Crippen LogP contribution < -0.4 is 15.0 Å².